The minimum absolute atomic E-state index is 0.0611. The average molecular weight is 805 g/mol. The molecule has 5 aromatic rings. The third-order valence-electron chi connectivity index (χ3n) is 11.2. The van der Waals surface area contributed by atoms with Crippen LogP contribution in [0, 0.1) is 16.7 Å². The molecule has 2 saturated carbocycles. The maximum absolute atomic E-state index is 14.6. The summed E-state index contributed by atoms with van der Waals surface area (Å²) in [6.07, 6.45) is -3.17. The molecule has 12 heteroatoms. The molecule has 286 valence electrons. The van der Waals surface area contributed by atoms with Crippen molar-refractivity contribution in [2.75, 3.05) is 12.9 Å². The van der Waals surface area contributed by atoms with Crippen molar-refractivity contribution in [3.05, 3.63) is 144 Å². The zero-order valence-corrected chi connectivity index (χ0v) is 32.8. The number of methoxy groups -OCH3 is 1. The number of alkyl halides is 3. The van der Waals surface area contributed by atoms with E-state index in [4.69, 9.17) is 8.37 Å². The number of halogens is 3. The van der Waals surface area contributed by atoms with Gasteiger partial charge in [0.25, 0.3) is 10.1 Å². The lowest BCUT2D eigenvalue weighted by molar-refractivity contribution is -0.137. The zero-order valence-electron chi connectivity index (χ0n) is 30.3. The van der Waals surface area contributed by atoms with Crippen LogP contribution in [0.3, 0.4) is 0 Å². The summed E-state index contributed by atoms with van der Waals surface area (Å²) in [5.41, 5.74) is -1.52. The lowest BCUT2D eigenvalue weighted by Gasteiger charge is -2.41. The van der Waals surface area contributed by atoms with Crippen molar-refractivity contribution in [1.29, 1.82) is 0 Å². The Morgan fingerprint density at radius 2 is 1.36 bits per heavy atom. The number of ketones is 2. The zero-order chi connectivity index (χ0) is 39.2. The van der Waals surface area contributed by atoms with Gasteiger partial charge in [-0.1, -0.05) is 68.1 Å². The second-order valence-corrected chi connectivity index (χ2v) is 20.1. The fourth-order valence-corrected chi connectivity index (χ4v) is 14.9. The summed E-state index contributed by atoms with van der Waals surface area (Å²) in [4.78, 5) is 29.2. The molecule has 2 fully saturated rings. The molecule has 2 aliphatic rings. The molecule has 7 rings (SSSR count). The summed E-state index contributed by atoms with van der Waals surface area (Å²) in [6.45, 7) is 3.88. The van der Waals surface area contributed by atoms with Gasteiger partial charge in [-0.2, -0.15) is 21.6 Å². The van der Waals surface area contributed by atoms with Crippen LogP contribution in [0.2, 0.25) is 0 Å². The molecule has 0 heterocycles. The Labute approximate surface area is 325 Å². The van der Waals surface area contributed by atoms with Gasteiger partial charge < -0.3 is 4.74 Å². The quantitative estimate of drug-likeness (QED) is 0.116. The van der Waals surface area contributed by atoms with E-state index < -0.39 is 48.7 Å². The molecule has 0 spiro atoms. The molecular formula is C43H39F3O6S3. The Bertz CT molecular complexity index is 2330. The van der Waals surface area contributed by atoms with Crippen LogP contribution in [0.1, 0.15) is 54.6 Å². The third-order valence-corrected chi connectivity index (χ3v) is 17.5. The Morgan fingerprint density at radius 3 is 1.91 bits per heavy atom. The molecule has 2 bridgehead atoms. The average Bonchev–Trinajstić information content (AvgIpc) is 3.51. The van der Waals surface area contributed by atoms with Crippen LogP contribution < -0.4 is 4.74 Å². The molecule has 55 heavy (non-hydrogen) atoms. The first-order chi connectivity index (χ1) is 26.1. The van der Waals surface area contributed by atoms with Gasteiger partial charge in [0.1, 0.15) is 11.5 Å². The van der Waals surface area contributed by atoms with Gasteiger partial charge in [0, 0.05) is 42.0 Å². The summed E-state index contributed by atoms with van der Waals surface area (Å²) in [5.74, 6) is -0.208. The maximum Gasteiger partial charge on any atom is 0.416 e. The molecular weight excluding hydrogens is 766 g/mol. The summed E-state index contributed by atoms with van der Waals surface area (Å²) in [5, 5.41) is 0. The molecule has 3 atom stereocenters. The highest BCUT2D eigenvalue weighted by atomic mass is 32.3. The molecule has 5 aromatic carbocycles. The molecule has 3 unspecified atom stereocenters. The van der Waals surface area contributed by atoms with Crippen LogP contribution in [-0.4, -0.2) is 32.8 Å². The van der Waals surface area contributed by atoms with Crippen LogP contribution in [-0.2, 0) is 24.7 Å². The van der Waals surface area contributed by atoms with E-state index >= 15 is 0 Å². The molecule has 6 nitrogen and oxygen atoms in total. The third kappa shape index (κ3) is 7.25. The first kappa shape index (κ1) is 38.9. The number of ether oxygens (including phenoxy) is 1. The van der Waals surface area contributed by atoms with Crippen molar-refractivity contribution in [2.45, 2.75) is 63.8 Å². The second kappa shape index (κ2) is 14.6. The molecule has 0 radical (unpaired) electrons. The van der Waals surface area contributed by atoms with E-state index in [2.05, 4.69) is 0 Å². The highest BCUT2D eigenvalue weighted by Crippen LogP contribution is 2.71. The monoisotopic (exact) mass is 804 g/mol. The van der Waals surface area contributed by atoms with E-state index in [-0.39, 0.29) is 22.4 Å². The SMILES string of the molecule is COc1ccc(S(OS(=O)(=O)CC23CCC(CC2=O)C3(C)C)(c2ccc(Sc3cccc(C(=O)c4ccccc4)c3)cc2)c2ccc(C(F)(F)F)cc2)cc1. The highest BCUT2D eigenvalue weighted by Gasteiger charge is 2.66. The van der Waals surface area contributed by atoms with Crippen molar-refractivity contribution in [2.24, 2.45) is 16.7 Å². The van der Waals surface area contributed by atoms with E-state index in [1.807, 2.05) is 26.0 Å². The van der Waals surface area contributed by atoms with Crippen molar-refractivity contribution in [1.82, 2.24) is 0 Å². The highest BCUT2D eigenvalue weighted by molar-refractivity contribution is 8.33. The fourth-order valence-electron chi connectivity index (χ4n) is 8.01. The van der Waals surface area contributed by atoms with Crippen LogP contribution in [0.4, 0.5) is 13.2 Å². The van der Waals surface area contributed by atoms with Gasteiger partial charge in [-0.15, -0.1) is 0 Å². The Hall–Kier alpha value is -4.36. The summed E-state index contributed by atoms with van der Waals surface area (Å²) in [7, 11) is -6.36. The maximum atomic E-state index is 14.6. The minimum Gasteiger partial charge on any atom is -0.497 e. The first-order valence-corrected chi connectivity index (χ1v) is 21.6. The predicted molar refractivity (Wildman–Crippen MR) is 207 cm³/mol. The van der Waals surface area contributed by atoms with Gasteiger partial charge in [0.05, 0.1) is 23.8 Å². The molecule has 2 aliphatic carbocycles. The lowest BCUT2D eigenvalue weighted by atomic mass is 9.70. The fraction of sp³-hybridized carbons (Fsp3) is 0.256. The molecule has 0 amide bonds. The van der Waals surface area contributed by atoms with Crippen LogP contribution >= 0.6 is 22.1 Å². The second-order valence-electron chi connectivity index (χ2n) is 14.5. The van der Waals surface area contributed by atoms with E-state index in [0.717, 1.165) is 28.3 Å². The number of hydrogen-bond acceptors (Lipinski definition) is 7. The number of benzene rings is 5. The number of rotatable bonds is 12. The van der Waals surface area contributed by atoms with Crippen LogP contribution in [0.25, 0.3) is 0 Å². The standard InChI is InChI=1S/C43H39F3O6S3/c1-41(2)32-24-25-42(41,39(47)27-32)28-54(49,50)52-55(37-20-14-33(51-3)15-21-37,36-18-12-31(13-19-36)43(44,45)46)38-22-16-34(17-23-38)53-35-11-7-10-30(26-35)40(48)29-8-5-4-6-9-29/h4-23,26,32H,24-25,27-28H2,1-3H3. The van der Waals surface area contributed by atoms with Crippen LogP contribution in [0.15, 0.2) is 152 Å². The van der Waals surface area contributed by atoms with Gasteiger partial charge in [0.2, 0.25) is 0 Å². The van der Waals surface area contributed by atoms with Gasteiger partial charge >= 0.3 is 6.18 Å². The minimum atomic E-state index is -4.63. The summed E-state index contributed by atoms with van der Waals surface area (Å²) < 4.78 is 82.6. The smallest absolute Gasteiger partial charge is 0.416 e. The Kier molecular flexibility index (Phi) is 10.3. The summed E-state index contributed by atoms with van der Waals surface area (Å²) in [6, 6.07) is 34.2. The number of fused-ring (bicyclic) bond motifs is 2. The number of Topliss-reactive ketones (excluding diaryl/α,β-unsaturated/α-hetero) is 1. The largest absolute Gasteiger partial charge is 0.497 e. The van der Waals surface area contributed by atoms with E-state index in [0.29, 0.717) is 39.5 Å². The molecule has 0 saturated heterocycles. The van der Waals surface area contributed by atoms with Crippen molar-refractivity contribution in [3.63, 3.8) is 0 Å². The van der Waals surface area contributed by atoms with E-state index in [9.17, 15) is 31.2 Å². The van der Waals surface area contributed by atoms with Crippen molar-refractivity contribution < 1.29 is 39.5 Å². The topological polar surface area (TPSA) is 86.7 Å². The molecule has 0 N–H and O–H groups in total. The van der Waals surface area contributed by atoms with Crippen molar-refractivity contribution in [3.8, 4) is 5.75 Å². The Balaban J connectivity index is 1.32. The predicted octanol–water partition coefficient (Wildman–Crippen LogP) is 11.0. The summed E-state index contributed by atoms with van der Waals surface area (Å²) >= 11 is 1.40. The molecule has 0 aromatic heterocycles. The van der Waals surface area contributed by atoms with Crippen molar-refractivity contribution >= 4 is 43.8 Å². The normalized spacial score (nSPS) is 20.8. The molecule has 0 aliphatic heterocycles. The Morgan fingerprint density at radius 1 is 0.782 bits per heavy atom. The van der Waals surface area contributed by atoms with Gasteiger partial charge in [0.15, 0.2) is 5.78 Å². The van der Waals surface area contributed by atoms with Gasteiger partial charge in [-0.25, -0.2) is 3.63 Å². The van der Waals surface area contributed by atoms with E-state index in [1.54, 1.807) is 91.0 Å². The number of carbonyl (C=O) groups excluding carboxylic acids is 2. The number of carbonyl (C=O) groups is 2. The number of hydrogen-bond donors (Lipinski definition) is 0. The van der Waals surface area contributed by atoms with Crippen LogP contribution in [0.5, 0.6) is 5.75 Å². The lowest BCUT2D eigenvalue weighted by Crippen LogP contribution is -2.42. The van der Waals surface area contributed by atoms with Gasteiger partial charge in [-0.05, 0) is 119 Å². The van der Waals surface area contributed by atoms with E-state index in [1.165, 1.54) is 31.0 Å². The van der Waals surface area contributed by atoms with Gasteiger partial charge in [-0.3, -0.25) is 9.59 Å². The first-order valence-electron chi connectivity index (χ1n) is 17.7.